The molecule has 34 heavy (non-hydrogen) atoms. The summed E-state index contributed by atoms with van der Waals surface area (Å²) in [6.07, 6.45) is 11.9. The number of carbonyl (C=O) groups is 1. The van der Waals surface area contributed by atoms with E-state index >= 15 is 0 Å². The minimum Gasteiger partial charge on any atom is -0.489 e. The first-order valence-electron chi connectivity index (χ1n) is 12.7. The molecule has 0 amide bonds. The van der Waals surface area contributed by atoms with Gasteiger partial charge < -0.3 is 10.1 Å². The van der Waals surface area contributed by atoms with Crippen molar-refractivity contribution in [3.8, 4) is 5.75 Å². The van der Waals surface area contributed by atoms with Crippen molar-refractivity contribution in [3.05, 3.63) is 89.1 Å². The first-order chi connectivity index (χ1) is 16.7. The maximum absolute atomic E-state index is 13.3. The highest BCUT2D eigenvalue weighted by Crippen LogP contribution is 2.21. The predicted molar refractivity (Wildman–Crippen MR) is 141 cm³/mol. The summed E-state index contributed by atoms with van der Waals surface area (Å²) in [6, 6.07) is 19.3. The van der Waals surface area contributed by atoms with Crippen molar-refractivity contribution in [2.75, 3.05) is 11.9 Å². The van der Waals surface area contributed by atoms with Crippen LogP contribution in [-0.4, -0.2) is 17.3 Å². The Kier molecular flexibility index (Phi) is 10.6. The molecule has 1 N–H and O–H groups in total. The van der Waals surface area contributed by atoms with Gasteiger partial charge in [-0.05, 0) is 43.2 Å². The Morgan fingerprint density at radius 1 is 0.882 bits per heavy atom. The molecule has 1 heterocycles. The summed E-state index contributed by atoms with van der Waals surface area (Å²) in [5.74, 6) is 1.29. The summed E-state index contributed by atoms with van der Waals surface area (Å²) in [4.78, 5) is 17.7. The fourth-order valence-corrected chi connectivity index (χ4v) is 3.93. The summed E-state index contributed by atoms with van der Waals surface area (Å²) in [7, 11) is 0. The molecular weight excluding hydrogens is 420 g/mol. The van der Waals surface area contributed by atoms with Gasteiger partial charge in [-0.3, -0.25) is 4.79 Å². The lowest BCUT2D eigenvalue weighted by molar-refractivity contribution is 0.103. The fraction of sp³-hybridized carbons (Fsp3) is 0.400. The minimum atomic E-state index is -0.0488. The second kappa shape index (κ2) is 14.2. The molecule has 3 rings (SSSR count). The molecule has 1 aromatic heterocycles. The van der Waals surface area contributed by atoms with Crippen LogP contribution >= 0.6 is 0 Å². The second-order valence-corrected chi connectivity index (χ2v) is 8.93. The Hall–Kier alpha value is -3.14. The number of pyridine rings is 1. The number of nitrogens with zero attached hydrogens (tertiary/aromatic N) is 1. The second-order valence-electron chi connectivity index (χ2n) is 8.93. The number of ketones is 1. The average molecular weight is 459 g/mol. The van der Waals surface area contributed by atoms with Crippen molar-refractivity contribution >= 4 is 11.6 Å². The Balaban J connectivity index is 1.52. The van der Waals surface area contributed by atoms with Crippen LogP contribution in [0, 0.1) is 6.92 Å². The molecule has 0 unspecified atom stereocenters. The number of unbranched alkanes of at least 4 members (excludes halogenated alkanes) is 7. The molecule has 3 aromatic rings. The van der Waals surface area contributed by atoms with Crippen molar-refractivity contribution < 1.29 is 9.53 Å². The quantitative estimate of drug-likeness (QED) is 0.187. The van der Waals surface area contributed by atoms with Gasteiger partial charge in [0.1, 0.15) is 18.2 Å². The van der Waals surface area contributed by atoms with Crippen molar-refractivity contribution in [3.63, 3.8) is 0 Å². The molecule has 0 saturated heterocycles. The van der Waals surface area contributed by atoms with Crippen molar-refractivity contribution in [1.82, 2.24) is 4.98 Å². The molecule has 0 spiro atoms. The number of anilines is 1. The summed E-state index contributed by atoms with van der Waals surface area (Å²) in [5.41, 5.74) is 3.52. The highest BCUT2D eigenvalue weighted by Gasteiger charge is 2.15. The Morgan fingerprint density at radius 3 is 2.38 bits per heavy atom. The van der Waals surface area contributed by atoms with E-state index in [1.807, 2.05) is 36.4 Å². The van der Waals surface area contributed by atoms with Crippen LogP contribution in [0.4, 0.5) is 5.82 Å². The van der Waals surface area contributed by atoms with Crippen LogP contribution in [0.15, 0.2) is 66.9 Å². The number of aromatic nitrogens is 1. The SMILES string of the molecule is CCCCCCCCCCNc1ncccc1C(=O)c1cccc(OCc2ccc(C)cc2)c1. The van der Waals surface area contributed by atoms with E-state index < -0.39 is 0 Å². The number of benzene rings is 2. The van der Waals surface area contributed by atoms with E-state index in [-0.39, 0.29) is 5.78 Å². The van der Waals surface area contributed by atoms with Gasteiger partial charge in [-0.2, -0.15) is 0 Å². The smallest absolute Gasteiger partial charge is 0.196 e. The van der Waals surface area contributed by atoms with Gasteiger partial charge in [0.15, 0.2) is 5.78 Å². The van der Waals surface area contributed by atoms with E-state index in [9.17, 15) is 4.79 Å². The monoisotopic (exact) mass is 458 g/mol. The van der Waals surface area contributed by atoms with Gasteiger partial charge in [0.25, 0.3) is 0 Å². The molecule has 0 saturated carbocycles. The summed E-state index contributed by atoms with van der Waals surface area (Å²) in [6.45, 7) is 5.61. The molecule has 4 heteroatoms. The molecule has 0 fully saturated rings. The van der Waals surface area contributed by atoms with E-state index in [0.717, 1.165) is 18.5 Å². The van der Waals surface area contributed by atoms with E-state index in [1.54, 1.807) is 6.20 Å². The van der Waals surface area contributed by atoms with Crippen LogP contribution in [0.2, 0.25) is 0 Å². The predicted octanol–water partition coefficient (Wildman–Crippen LogP) is 7.75. The molecule has 0 aliphatic heterocycles. The standard InChI is InChI=1S/C30H38N2O2/c1-3-4-5-6-7-8-9-10-20-31-30-28(15-12-21-32-30)29(33)26-13-11-14-27(22-26)34-23-25-18-16-24(2)17-19-25/h11-19,21-22H,3-10,20,23H2,1-2H3,(H,31,32). The molecule has 180 valence electrons. The largest absolute Gasteiger partial charge is 0.489 e. The van der Waals surface area contributed by atoms with Gasteiger partial charge >= 0.3 is 0 Å². The van der Waals surface area contributed by atoms with Crippen LogP contribution in [0.5, 0.6) is 5.75 Å². The van der Waals surface area contributed by atoms with Gasteiger partial charge in [-0.1, -0.05) is 93.8 Å². The first kappa shape index (κ1) is 25.5. The fourth-order valence-electron chi connectivity index (χ4n) is 3.93. The number of hydrogen-bond donors (Lipinski definition) is 1. The first-order valence-corrected chi connectivity index (χ1v) is 12.7. The number of hydrogen-bond acceptors (Lipinski definition) is 4. The van der Waals surface area contributed by atoms with Crippen LogP contribution in [0.3, 0.4) is 0 Å². The van der Waals surface area contributed by atoms with E-state index in [4.69, 9.17) is 4.74 Å². The van der Waals surface area contributed by atoms with E-state index in [1.165, 1.54) is 50.5 Å². The third-order valence-electron chi connectivity index (χ3n) is 6.00. The zero-order valence-electron chi connectivity index (χ0n) is 20.7. The molecule has 0 aliphatic rings. The molecule has 0 atom stereocenters. The zero-order chi connectivity index (χ0) is 24.0. The third-order valence-corrected chi connectivity index (χ3v) is 6.00. The molecule has 0 aliphatic carbocycles. The average Bonchev–Trinajstić information content (AvgIpc) is 2.87. The van der Waals surface area contributed by atoms with Gasteiger partial charge in [0.05, 0.1) is 5.56 Å². The molecule has 0 bridgehead atoms. The number of carbonyl (C=O) groups excluding carboxylic acids is 1. The topological polar surface area (TPSA) is 51.2 Å². The van der Waals surface area contributed by atoms with Crippen molar-refractivity contribution in [2.24, 2.45) is 0 Å². The van der Waals surface area contributed by atoms with Crippen LogP contribution in [0.1, 0.15) is 85.3 Å². The normalized spacial score (nSPS) is 10.8. The van der Waals surface area contributed by atoms with Crippen molar-refractivity contribution in [1.29, 1.82) is 0 Å². The van der Waals surface area contributed by atoms with E-state index in [0.29, 0.717) is 29.3 Å². The highest BCUT2D eigenvalue weighted by atomic mass is 16.5. The number of rotatable bonds is 15. The van der Waals surface area contributed by atoms with Crippen LogP contribution < -0.4 is 10.1 Å². The number of ether oxygens (including phenoxy) is 1. The lowest BCUT2D eigenvalue weighted by Crippen LogP contribution is -2.11. The van der Waals surface area contributed by atoms with Gasteiger partial charge in [0, 0.05) is 18.3 Å². The molecule has 4 nitrogen and oxygen atoms in total. The molecule has 2 aromatic carbocycles. The number of nitrogens with one attached hydrogen (secondary N) is 1. The highest BCUT2D eigenvalue weighted by molar-refractivity contribution is 6.12. The maximum Gasteiger partial charge on any atom is 0.196 e. The number of aryl methyl sites for hydroxylation is 1. The lowest BCUT2D eigenvalue weighted by Gasteiger charge is -2.11. The molecule has 0 radical (unpaired) electrons. The van der Waals surface area contributed by atoms with Crippen LogP contribution in [0.25, 0.3) is 0 Å². The molecular formula is C30H38N2O2. The summed E-state index contributed by atoms with van der Waals surface area (Å²) < 4.78 is 5.94. The Bertz CT molecular complexity index is 1010. The zero-order valence-corrected chi connectivity index (χ0v) is 20.7. The van der Waals surface area contributed by atoms with Crippen molar-refractivity contribution in [2.45, 2.75) is 71.8 Å². The summed E-state index contributed by atoms with van der Waals surface area (Å²) >= 11 is 0. The Morgan fingerprint density at radius 2 is 1.62 bits per heavy atom. The van der Waals surface area contributed by atoms with Gasteiger partial charge in [0.2, 0.25) is 0 Å². The minimum absolute atomic E-state index is 0.0488. The maximum atomic E-state index is 13.3. The Labute approximate surface area is 204 Å². The van der Waals surface area contributed by atoms with Gasteiger partial charge in [-0.15, -0.1) is 0 Å². The summed E-state index contributed by atoms with van der Waals surface area (Å²) in [5, 5.41) is 3.38. The third kappa shape index (κ3) is 8.33. The van der Waals surface area contributed by atoms with Gasteiger partial charge in [-0.25, -0.2) is 4.98 Å². The van der Waals surface area contributed by atoms with Crippen LogP contribution in [-0.2, 0) is 6.61 Å². The van der Waals surface area contributed by atoms with E-state index in [2.05, 4.69) is 48.4 Å². The lowest BCUT2D eigenvalue weighted by atomic mass is 10.0.